The smallest absolute Gasteiger partial charge is 0.407 e. The number of benzene rings is 2. The summed E-state index contributed by atoms with van der Waals surface area (Å²) in [6.45, 7) is 2.32. The molecule has 33 heavy (non-hydrogen) atoms. The number of hydrogen-bond donors (Lipinski definition) is 3. The van der Waals surface area contributed by atoms with Gasteiger partial charge in [0.2, 0.25) is 5.91 Å². The Kier molecular flexibility index (Phi) is 6.93. The van der Waals surface area contributed by atoms with Gasteiger partial charge in [0.05, 0.1) is 6.04 Å². The van der Waals surface area contributed by atoms with E-state index in [1.807, 2.05) is 43.3 Å². The third kappa shape index (κ3) is 4.85. The van der Waals surface area contributed by atoms with Crippen LogP contribution in [0.15, 0.2) is 48.5 Å². The molecule has 174 valence electrons. The van der Waals surface area contributed by atoms with Gasteiger partial charge >= 0.3 is 12.1 Å². The Morgan fingerprint density at radius 2 is 1.73 bits per heavy atom. The third-order valence-electron chi connectivity index (χ3n) is 6.19. The van der Waals surface area contributed by atoms with Crippen LogP contribution in [0.25, 0.3) is 11.1 Å². The molecule has 1 aliphatic carbocycles. The Morgan fingerprint density at radius 3 is 2.33 bits per heavy atom. The van der Waals surface area contributed by atoms with Gasteiger partial charge in [-0.15, -0.1) is 0 Å². The first-order chi connectivity index (χ1) is 16.0. The second kappa shape index (κ2) is 10.0. The van der Waals surface area contributed by atoms with Gasteiger partial charge in [0.1, 0.15) is 12.6 Å². The van der Waals surface area contributed by atoms with Gasteiger partial charge in [-0.05, 0) is 35.1 Å². The van der Waals surface area contributed by atoms with Gasteiger partial charge in [0.25, 0.3) is 0 Å². The molecule has 0 bridgehead atoms. The van der Waals surface area contributed by atoms with Crippen LogP contribution >= 0.6 is 0 Å². The summed E-state index contributed by atoms with van der Waals surface area (Å²) in [6.07, 6.45) is -0.285. The second-order valence-electron chi connectivity index (χ2n) is 8.34. The van der Waals surface area contributed by atoms with Crippen LogP contribution in [0.3, 0.4) is 0 Å². The minimum Gasteiger partial charge on any atom is -0.479 e. The Bertz CT molecular complexity index is 994. The number of carboxylic acid groups (broad SMARTS) is 1. The molecule has 2 amide bonds. The van der Waals surface area contributed by atoms with Crippen molar-refractivity contribution in [3.05, 3.63) is 59.7 Å². The molecular weight excluding hydrogens is 424 g/mol. The quantitative estimate of drug-likeness (QED) is 0.567. The lowest BCUT2D eigenvalue weighted by molar-refractivity contribution is -0.148. The molecule has 0 saturated carbocycles. The van der Waals surface area contributed by atoms with E-state index in [2.05, 4.69) is 22.8 Å². The number of rotatable bonds is 8. The number of alkyl carbamates (subject to hydrolysis) is 1. The van der Waals surface area contributed by atoms with E-state index in [0.717, 1.165) is 22.3 Å². The number of carboxylic acids is 1. The van der Waals surface area contributed by atoms with Crippen LogP contribution in [0.4, 0.5) is 4.79 Å². The molecule has 2 aliphatic rings. The van der Waals surface area contributed by atoms with Crippen molar-refractivity contribution in [3.8, 4) is 11.1 Å². The lowest BCUT2D eigenvalue weighted by Crippen LogP contribution is -2.52. The number of carbonyl (C=O) groups is 3. The maximum absolute atomic E-state index is 12.8. The van der Waals surface area contributed by atoms with Gasteiger partial charge in [-0.1, -0.05) is 61.9 Å². The van der Waals surface area contributed by atoms with Crippen LogP contribution in [0.1, 0.15) is 43.2 Å². The maximum atomic E-state index is 12.8. The average Bonchev–Trinajstić information content (AvgIpc) is 3.40. The maximum Gasteiger partial charge on any atom is 0.407 e. The Balaban J connectivity index is 1.38. The molecular formula is C25H28N2O6. The van der Waals surface area contributed by atoms with Crippen molar-refractivity contribution >= 4 is 18.0 Å². The van der Waals surface area contributed by atoms with E-state index in [1.54, 1.807) is 0 Å². The zero-order valence-electron chi connectivity index (χ0n) is 18.5. The first-order valence-corrected chi connectivity index (χ1v) is 11.3. The molecule has 2 aromatic rings. The summed E-state index contributed by atoms with van der Waals surface area (Å²) in [7, 11) is 0. The first-order valence-electron chi connectivity index (χ1n) is 11.3. The fourth-order valence-corrected chi connectivity index (χ4v) is 4.60. The summed E-state index contributed by atoms with van der Waals surface area (Å²) in [4.78, 5) is 36.6. The van der Waals surface area contributed by atoms with Crippen molar-refractivity contribution < 1.29 is 29.0 Å². The number of hydrogen-bond acceptors (Lipinski definition) is 5. The molecule has 4 rings (SSSR count). The third-order valence-corrected chi connectivity index (χ3v) is 6.19. The predicted octanol–water partition coefficient (Wildman–Crippen LogP) is 3.05. The van der Waals surface area contributed by atoms with Crippen molar-refractivity contribution in [1.82, 2.24) is 10.6 Å². The summed E-state index contributed by atoms with van der Waals surface area (Å²) >= 11 is 0. The average molecular weight is 453 g/mol. The summed E-state index contributed by atoms with van der Waals surface area (Å²) in [6, 6.07) is 14.7. The summed E-state index contributed by atoms with van der Waals surface area (Å²) in [5, 5.41) is 14.6. The van der Waals surface area contributed by atoms with E-state index in [4.69, 9.17) is 9.47 Å². The minimum absolute atomic E-state index is 0.0754. The Labute approximate surface area is 192 Å². The van der Waals surface area contributed by atoms with Gasteiger partial charge in [-0.2, -0.15) is 0 Å². The molecule has 8 nitrogen and oxygen atoms in total. The standard InChI is InChI=1S/C25H28N2O6/c1-2-7-21(23(28)26-20-12-13-32-22(20)24(29)30)27-25(31)33-14-19-17-10-5-3-8-15(17)16-9-4-6-11-18(16)19/h3-6,8-11,19-22H,2,7,12-14H2,1H3,(H,26,28)(H,27,31)(H,29,30). The number of aliphatic carboxylic acids is 1. The molecule has 0 spiro atoms. The SMILES string of the molecule is CCCC(NC(=O)OCC1c2ccccc2-c2ccccc21)C(=O)NC1CCOC1C(=O)O. The van der Waals surface area contributed by atoms with E-state index >= 15 is 0 Å². The summed E-state index contributed by atoms with van der Waals surface area (Å²) in [5.41, 5.74) is 4.49. The van der Waals surface area contributed by atoms with Crippen molar-refractivity contribution in [2.24, 2.45) is 0 Å². The molecule has 1 aliphatic heterocycles. The highest BCUT2D eigenvalue weighted by molar-refractivity contribution is 5.87. The van der Waals surface area contributed by atoms with Crippen molar-refractivity contribution in [2.75, 3.05) is 13.2 Å². The first kappa shape index (κ1) is 22.8. The number of ether oxygens (including phenoxy) is 2. The number of nitrogens with one attached hydrogen (secondary N) is 2. The van der Waals surface area contributed by atoms with E-state index in [9.17, 15) is 19.5 Å². The lowest BCUT2D eigenvalue weighted by Gasteiger charge is -2.22. The number of amides is 2. The van der Waals surface area contributed by atoms with Crippen LogP contribution in [-0.4, -0.2) is 54.5 Å². The zero-order valence-corrected chi connectivity index (χ0v) is 18.5. The predicted molar refractivity (Wildman–Crippen MR) is 121 cm³/mol. The fourth-order valence-electron chi connectivity index (χ4n) is 4.60. The molecule has 0 radical (unpaired) electrons. The van der Waals surface area contributed by atoms with Gasteiger partial charge in [0, 0.05) is 12.5 Å². The summed E-state index contributed by atoms with van der Waals surface area (Å²) < 4.78 is 10.7. The summed E-state index contributed by atoms with van der Waals surface area (Å²) in [5.74, 6) is -1.63. The highest BCUT2D eigenvalue weighted by Crippen LogP contribution is 2.44. The highest BCUT2D eigenvalue weighted by Gasteiger charge is 2.36. The van der Waals surface area contributed by atoms with E-state index in [0.29, 0.717) is 19.3 Å². The van der Waals surface area contributed by atoms with Gasteiger partial charge in [-0.3, -0.25) is 4.79 Å². The molecule has 3 unspecified atom stereocenters. The normalized spacial score (nSPS) is 19.9. The van der Waals surface area contributed by atoms with Crippen LogP contribution in [0.2, 0.25) is 0 Å². The van der Waals surface area contributed by atoms with Gasteiger partial charge < -0.3 is 25.2 Å². The lowest BCUT2D eigenvalue weighted by atomic mass is 9.98. The van der Waals surface area contributed by atoms with Gasteiger partial charge in [-0.25, -0.2) is 9.59 Å². The molecule has 2 aromatic carbocycles. The topological polar surface area (TPSA) is 114 Å². The molecule has 8 heteroatoms. The van der Waals surface area contributed by atoms with Gasteiger partial charge in [0.15, 0.2) is 6.10 Å². The van der Waals surface area contributed by atoms with Crippen LogP contribution in [-0.2, 0) is 19.1 Å². The van der Waals surface area contributed by atoms with Crippen molar-refractivity contribution in [2.45, 2.75) is 50.3 Å². The van der Waals surface area contributed by atoms with Crippen LogP contribution in [0, 0.1) is 0 Å². The van der Waals surface area contributed by atoms with Crippen molar-refractivity contribution in [1.29, 1.82) is 0 Å². The molecule has 1 saturated heterocycles. The number of carbonyl (C=O) groups excluding carboxylic acids is 2. The van der Waals surface area contributed by atoms with Crippen molar-refractivity contribution in [3.63, 3.8) is 0 Å². The van der Waals surface area contributed by atoms with Crippen LogP contribution in [0.5, 0.6) is 0 Å². The molecule has 0 aromatic heterocycles. The van der Waals surface area contributed by atoms with E-state index < -0.39 is 36.2 Å². The highest BCUT2D eigenvalue weighted by atomic mass is 16.5. The second-order valence-corrected chi connectivity index (χ2v) is 8.34. The molecule has 1 heterocycles. The Morgan fingerprint density at radius 1 is 1.09 bits per heavy atom. The fraction of sp³-hybridized carbons (Fsp3) is 0.400. The Hall–Kier alpha value is -3.39. The zero-order chi connectivity index (χ0) is 23.4. The minimum atomic E-state index is -1.12. The van der Waals surface area contributed by atoms with Crippen LogP contribution < -0.4 is 10.6 Å². The molecule has 1 fully saturated rings. The molecule has 3 atom stereocenters. The van der Waals surface area contributed by atoms with E-state index in [-0.39, 0.29) is 19.1 Å². The largest absolute Gasteiger partial charge is 0.479 e. The monoisotopic (exact) mass is 452 g/mol. The molecule has 3 N–H and O–H groups in total. The number of fused-ring (bicyclic) bond motifs is 3. The van der Waals surface area contributed by atoms with E-state index in [1.165, 1.54) is 0 Å².